The van der Waals surface area contributed by atoms with Crippen molar-refractivity contribution < 1.29 is 32.2 Å². The van der Waals surface area contributed by atoms with E-state index in [4.69, 9.17) is 4.74 Å². The van der Waals surface area contributed by atoms with Crippen molar-refractivity contribution in [1.29, 1.82) is 0 Å². The van der Waals surface area contributed by atoms with Crippen molar-refractivity contribution in [3.8, 4) is 0 Å². The van der Waals surface area contributed by atoms with E-state index in [-0.39, 0.29) is 18.1 Å². The molecule has 9 nitrogen and oxygen atoms in total. The van der Waals surface area contributed by atoms with Gasteiger partial charge in [-0.2, -0.15) is 13.9 Å². The summed E-state index contributed by atoms with van der Waals surface area (Å²) in [5.74, 6) is -1.27. The van der Waals surface area contributed by atoms with Crippen LogP contribution in [0.25, 0.3) is 5.70 Å². The van der Waals surface area contributed by atoms with Crippen LogP contribution in [-0.2, 0) is 22.2 Å². The summed E-state index contributed by atoms with van der Waals surface area (Å²) in [7, 11) is 5.17. The lowest BCUT2D eigenvalue weighted by molar-refractivity contribution is 0.0931. The van der Waals surface area contributed by atoms with Crippen LogP contribution in [0.15, 0.2) is 40.9 Å². The van der Waals surface area contributed by atoms with Gasteiger partial charge in [0.25, 0.3) is 5.91 Å². The Morgan fingerprint density at radius 2 is 1.91 bits per heavy atom. The third kappa shape index (κ3) is 7.54. The molecule has 0 radical (unpaired) electrons. The van der Waals surface area contributed by atoms with Crippen molar-refractivity contribution in [2.45, 2.75) is 25.6 Å². The van der Waals surface area contributed by atoms with Crippen LogP contribution in [-0.4, -0.2) is 54.5 Å². The zero-order valence-electron chi connectivity index (χ0n) is 19.9. The molecule has 0 spiro atoms. The highest BCUT2D eigenvalue weighted by Gasteiger charge is 2.31. The highest BCUT2D eigenvalue weighted by atomic mass is 31.0. The van der Waals surface area contributed by atoms with Gasteiger partial charge in [0.2, 0.25) is 5.90 Å². The summed E-state index contributed by atoms with van der Waals surface area (Å²) in [4.78, 5) is 29.1. The molecule has 0 bridgehead atoms. The zero-order chi connectivity index (χ0) is 26.3. The van der Waals surface area contributed by atoms with Gasteiger partial charge in [0.15, 0.2) is 0 Å². The van der Waals surface area contributed by atoms with Gasteiger partial charge >= 0.3 is 11.8 Å². The number of rotatable bonds is 8. The molecule has 2 unspecified atom stereocenters. The third-order valence-electron chi connectivity index (χ3n) is 4.70. The number of aliphatic imine (C=N–C) groups is 1. The first kappa shape index (κ1) is 27.8. The van der Waals surface area contributed by atoms with Crippen molar-refractivity contribution in [3.05, 3.63) is 58.7 Å². The molecule has 0 saturated heterocycles. The molecule has 2 N–H and O–H groups in total. The van der Waals surface area contributed by atoms with E-state index in [1.807, 2.05) is 0 Å². The Balaban J connectivity index is 2.46. The van der Waals surface area contributed by atoms with Gasteiger partial charge in [0, 0.05) is 12.6 Å². The highest BCUT2D eigenvalue weighted by Crippen LogP contribution is 2.33. The Morgan fingerprint density at radius 3 is 2.43 bits per heavy atom. The van der Waals surface area contributed by atoms with Crippen molar-refractivity contribution in [1.82, 2.24) is 20.4 Å². The van der Waals surface area contributed by atoms with Gasteiger partial charge in [0.1, 0.15) is 23.2 Å². The fraction of sp³-hybridized carbons (Fsp3) is 0.364. The molecule has 2 atom stereocenters. The number of nitrogens with one attached hydrogen (secondary N) is 2. The molecular weight excluding hydrogens is 486 g/mol. The number of hydrogen-bond donors (Lipinski definition) is 2. The maximum absolute atomic E-state index is 13.8. The van der Waals surface area contributed by atoms with Gasteiger partial charge in [-0.25, -0.2) is 14.2 Å². The van der Waals surface area contributed by atoms with Crippen molar-refractivity contribution >= 4 is 32.8 Å². The minimum atomic E-state index is -3.33. The molecule has 1 heterocycles. The second-order valence-electron chi connectivity index (χ2n) is 7.57. The van der Waals surface area contributed by atoms with Crippen LogP contribution in [0.4, 0.5) is 18.0 Å². The fourth-order valence-electron chi connectivity index (χ4n) is 3.01. The monoisotopic (exact) mass is 513 g/mol. The molecule has 0 aliphatic carbocycles. The molecule has 0 aliphatic rings. The Bertz CT molecular complexity index is 1140. The Hall–Kier alpha value is -3.40. The average Bonchev–Trinajstić information content (AvgIpc) is 3.19. The van der Waals surface area contributed by atoms with E-state index in [0.29, 0.717) is 11.3 Å². The highest BCUT2D eigenvalue weighted by molar-refractivity contribution is 7.17. The molecule has 1 aromatic carbocycles. The van der Waals surface area contributed by atoms with Crippen LogP contribution >= 0.6 is 9.24 Å². The standard InChI is InChI=1S/C22H27F3N5O4P/c1-12(2)18(13-7-6-8-14(23)9-13)28-20(33-4)15(11-26-21(32)34-5)27-19(31)16-10-17(22(24,25)35)29-30(16)3/h6-10,15H,11,35H2,1-5H3,(H,26,32)(H,27,31)/b28-20-. The molecule has 0 saturated carbocycles. The molecule has 2 aromatic rings. The van der Waals surface area contributed by atoms with E-state index in [1.54, 1.807) is 19.9 Å². The SMILES string of the molecule is COC(=O)NCC(NC(=O)c1cc(C(F)(F)P)nn1C)/C(=N/C(=C(C)C)c1cccc(F)c1)OC. The molecule has 0 fully saturated rings. The maximum atomic E-state index is 13.8. The first-order valence-electron chi connectivity index (χ1n) is 10.3. The largest absolute Gasteiger partial charge is 0.483 e. The van der Waals surface area contributed by atoms with E-state index in [9.17, 15) is 22.8 Å². The van der Waals surface area contributed by atoms with Gasteiger partial charge in [0.05, 0.1) is 26.5 Å². The van der Waals surface area contributed by atoms with Crippen LogP contribution in [0.1, 0.15) is 35.6 Å². The number of alkyl carbamates (subject to hydrolysis) is 1. The van der Waals surface area contributed by atoms with Crippen molar-refractivity contribution in [3.63, 3.8) is 0 Å². The summed E-state index contributed by atoms with van der Waals surface area (Å²) < 4.78 is 52.1. The number of halogens is 3. The van der Waals surface area contributed by atoms with Gasteiger partial charge in [-0.05, 0) is 37.6 Å². The van der Waals surface area contributed by atoms with Gasteiger partial charge in [-0.3, -0.25) is 9.48 Å². The van der Waals surface area contributed by atoms with Gasteiger partial charge in [-0.1, -0.05) is 21.4 Å². The number of benzene rings is 1. The topological polar surface area (TPSA) is 107 Å². The summed E-state index contributed by atoms with van der Waals surface area (Å²) >= 11 is 0. The number of allylic oxidation sites excluding steroid dienone is 1. The lowest BCUT2D eigenvalue weighted by Gasteiger charge is -2.21. The number of carbonyl (C=O) groups is 2. The quantitative estimate of drug-likeness (QED) is 0.320. The van der Waals surface area contributed by atoms with E-state index in [1.165, 1.54) is 48.7 Å². The molecule has 2 amide bonds. The van der Waals surface area contributed by atoms with Crippen LogP contribution in [0.5, 0.6) is 0 Å². The van der Waals surface area contributed by atoms with E-state index >= 15 is 0 Å². The van der Waals surface area contributed by atoms with Gasteiger partial charge in [-0.15, -0.1) is 0 Å². The average molecular weight is 513 g/mol. The minimum absolute atomic E-state index is 0.0333. The second kappa shape index (κ2) is 11.8. The molecule has 35 heavy (non-hydrogen) atoms. The first-order chi connectivity index (χ1) is 16.4. The minimum Gasteiger partial charge on any atom is -0.483 e. The summed E-state index contributed by atoms with van der Waals surface area (Å²) in [6, 6.07) is 5.66. The predicted molar refractivity (Wildman–Crippen MR) is 128 cm³/mol. The molecule has 1 aromatic heterocycles. The summed E-state index contributed by atoms with van der Waals surface area (Å²) in [6.07, 6.45) is -0.780. The number of hydrogen-bond acceptors (Lipinski definition) is 6. The van der Waals surface area contributed by atoms with Crippen LogP contribution < -0.4 is 10.6 Å². The Kier molecular flexibility index (Phi) is 9.41. The zero-order valence-corrected chi connectivity index (χ0v) is 21.0. The fourth-order valence-corrected chi connectivity index (χ4v) is 3.15. The summed E-state index contributed by atoms with van der Waals surface area (Å²) in [5.41, 5.74) is -2.54. The number of carbonyl (C=O) groups excluding carboxylic acids is 2. The lowest BCUT2D eigenvalue weighted by atomic mass is 10.1. The lowest BCUT2D eigenvalue weighted by Crippen LogP contribution is -2.49. The maximum Gasteiger partial charge on any atom is 0.406 e. The Morgan fingerprint density at radius 1 is 1.23 bits per heavy atom. The summed E-state index contributed by atoms with van der Waals surface area (Å²) in [6.45, 7) is 3.31. The number of methoxy groups -OCH3 is 2. The smallest absolute Gasteiger partial charge is 0.406 e. The number of amides is 2. The van der Waals surface area contributed by atoms with Crippen molar-refractivity contribution in [2.24, 2.45) is 12.0 Å². The van der Waals surface area contributed by atoms with Gasteiger partial charge < -0.3 is 20.1 Å². The number of ether oxygens (including phenoxy) is 2. The Labute approximate surface area is 203 Å². The number of aromatic nitrogens is 2. The third-order valence-corrected chi connectivity index (χ3v) is 4.99. The van der Waals surface area contributed by atoms with E-state index in [0.717, 1.165) is 16.3 Å². The van der Waals surface area contributed by atoms with Crippen LogP contribution in [0.3, 0.4) is 0 Å². The molecule has 13 heteroatoms. The molecule has 190 valence electrons. The van der Waals surface area contributed by atoms with E-state index < -0.39 is 35.2 Å². The first-order valence-corrected chi connectivity index (χ1v) is 10.8. The number of nitrogens with zero attached hydrogens (tertiary/aromatic N) is 3. The second-order valence-corrected chi connectivity index (χ2v) is 8.30. The molecule has 0 aliphatic heterocycles. The molecular formula is C22H27F3N5O4P. The van der Waals surface area contributed by atoms with E-state index in [2.05, 4.69) is 25.5 Å². The number of aryl methyl sites for hydroxylation is 1. The van der Waals surface area contributed by atoms with Crippen LogP contribution in [0.2, 0.25) is 0 Å². The normalized spacial score (nSPS) is 12.5. The summed E-state index contributed by atoms with van der Waals surface area (Å²) in [5, 5.41) is 8.72. The van der Waals surface area contributed by atoms with Crippen molar-refractivity contribution in [2.75, 3.05) is 20.8 Å². The van der Waals surface area contributed by atoms with Crippen LogP contribution in [0, 0.1) is 5.82 Å². The predicted octanol–water partition coefficient (Wildman–Crippen LogP) is 3.43. The number of alkyl halides is 2. The molecule has 2 rings (SSSR count).